The van der Waals surface area contributed by atoms with E-state index in [0.29, 0.717) is 4.31 Å². The molecular formula is C22H28F2N6O5S2. The number of guanidine groups is 1. The Morgan fingerprint density at radius 2 is 1.95 bits per heavy atom. The lowest BCUT2D eigenvalue weighted by atomic mass is 9.87. The van der Waals surface area contributed by atoms with E-state index in [9.17, 15) is 26.0 Å². The number of carbonyl (C=O) groups excluding carboxylic acids is 1. The number of halogens is 2. The summed E-state index contributed by atoms with van der Waals surface area (Å²) in [5.74, 6) is -3.00. The monoisotopic (exact) mass is 558 g/mol. The number of sulfonamides is 2. The molecule has 11 nitrogen and oxygen atoms in total. The van der Waals surface area contributed by atoms with Crippen LogP contribution < -0.4 is 10.6 Å². The maximum Gasteiger partial charge on any atom is 0.274 e. The maximum atomic E-state index is 15.3. The van der Waals surface area contributed by atoms with Crippen molar-refractivity contribution in [2.75, 3.05) is 31.2 Å². The second-order valence-corrected chi connectivity index (χ2v) is 12.9. The lowest BCUT2D eigenvalue weighted by Crippen LogP contribution is -2.68. The fraction of sp³-hybridized carbons (Fsp3) is 0.409. The summed E-state index contributed by atoms with van der Waals surface area (Å²) in [6.07, 6.45) is 0.861. The van der Waals surface area contributed by atoms with Crippen LogP contribution in [0.2, 0.25) is 0 Å². The number of pyridine rings is 1. The molecule has 0 spiro atoms. The summed E-state index contributed by atoms with van der Waals surface area (Å²) < 4.78 is 82.2. The van der Waals surface area contributed by atoms with E-state index in [1.54, 1.807) is 6.92 Å². The number of carbonyl (C=O) groups is 1. The summed E-state index contributed by atoms with van der Waals surface area (Å²) in [6.45, 7) is 3.80. The lowest BCUT2D eigenvalue weighted by Gasteiger charge is -2.47. The third kappa shape index (κ3) is 5.43. The van der Waals surface area contributed by atoms with E-state index < -0.39 is 60.9 Å². The van der Waals surface area contributed by atoms with Crippen LogP contribution in [0.1, 0.15) is 36.8 Å². The van der Waals surface area contributed by atoms with E-state index in [1.165, 1.54) is 26.0 Å². The maximum absolute atomic E-state index is 15.3. The minimum Gasteiger partial charge on any atom is -0.345 e. The summed E-state index contributed by atoms with van der Waals surface area (Å²) >= 11 is 0. The molecule has 1 aliphatic rings. The molecule has 0 saturated carbocycles. The molecule has 1 saturated heterocycles. The van der Waals surface area contributed by atoms with Gasteiger partial charge in [-0.05, 0) is 44.2 Å². The molecule has 0 unspecified atom stereocenters. The highest BCUT2D eigenvalue weighted by atomic mass is 32.2. The normalized spacial score (nSPS) is 21.5. The predicted octanol–water partition coefficient (Wildman–Crippen LogP) is 1.67. The first-order valence-electron chi connectivity index (χ1n) is 11.2. The van der Waals surface area contributed by atoms with E-state index in [0.717, 1.165) is 35.7 Å². The predicted molar refractivity (Wildman–Crippen MR) is 134 cm³/mol. The molecule has 37 heavy (non-hydrogen) atoms. The van der Waals surface area contributed by atoms with E-state index in [-0.39, 0.29) is 29.2 Å². The Kier molecular flexibility index (Phi) is 7.91. The van der Waals surface area contributed by atoms with Crippen LogP contribution in [-0.2, 0) is 25.6 Å². The van der Waals surface area contributed by atoms with Crippen LogP contribution in [0.25, 0.3) is 0 Å². The smallest absolute Gasteiger partial charge is 0.274 e. The number of benzene rings is 1. The van der Waals surface area contributed by atoms with Gasteiger partial charge in [-0.25, -0.2) is 39.2 Å². The van der Waals surface area contributed by atoms with Gasteiger partial charge in [-0.3, -0.25) is 10.2 Å². The largest absolute Gasteiger partial charge is 0.345 e. The number of hydrogen-bond donors (Lipinski definition) is 3. The van der Waals surface area contributed by atoms with Crippen LogP contribution in [0.5, 0.6) is 0 Å². The fourth-order valence-corrected chi connectivity index (χ4v) is 7.11. The van der Waals surface area contributed by atoms with Crippen LogP contribution in [0, 0.1) is 17.0 Å². The SMILES string of the molecule is CCN(C[C@H]1[C@@](C)(c2cc(NC(=O)c3ccc(F)cn3)ccc2F)NC(=N)N(C)S1(=O)=O)S(=O)(=O)CC. The van der Waals surface area contributed by atoms with Gasteiger partial charge >= 0.3 is 0 Å². The standard InChI is InChI=1S/C22H28F2N6O5S2/c1-5-30(36(32,33)6-2)13-19-22(3,28-21(25)29(4)37(19,34)35)16-11-15(8-9-17(16)24)27-20(31)18-10-7-14(23)12-26-18/h7-12,19H,5-6,13H2,1-4H3,(H2,25,28)(H,27,31)/t19-,22+/m0/s1. The van der Waals surface area contributed by atoms with Crippen molar-refractivity contribution in [2.24, 2.45) is 0 Å². The van der Waals surface area contributed by atoms with Gasteiger partial charge in [0.1, 0.15) is 22.6 Å². The van der Waals surface area contributed by atoms with Crippen LogP contribution in [0.4, 0.5) is 14.5 Å². The highest BCUT2D eigenvalue weighted by Gasteiger charge is 2.53. The van der Waals surface area contributed by atoms with Gasteiger partial charge in [0.15, 0.2) is 0 Å². The fourth-order valence-electron chi connectivity index (χ4n) is 4.05. The zero-order chi connectivity index (χ0) is 27.8. The van der Waals surface area contributed by atoms with Gasteiger partial charge in [0.25, 0.3) is 5.91 Å². The molecule has 1 aromatic carbocycles. The van der Waals surface area contributed by atoms with Gasteiger partial charge in [0, 0.05) is 31.4 Å². The van der Waals surface area contributed by atoms with E-state index >= 15 is 4.39 Å². The van der Waals surface area contributed by atoms with Crippen LogP contribution >= 0.6 is 0 Å². The number of amides is 1. The number of hydrogen-bond acceptors (Lipinski definition) is 7. The second kappa shape index (κ2) is 10.3. The molecule has 0 bridgehead atoms. The van der Waals surface area contributed by atoms with Crippen molar-refractivity contribution in [1.82, 2.24) is 18.9 Å². The third-order valence-corrected chi connectivity index (χ3v) is 10.5. The average Bonchev–Trinajstić information content (AvgIpc) is 2.84. The first-order valence-corrected chi connectivity index (χ1v) is 14.3. The molecule has 3 rings (SSSR count). The molecule has 2 heterocycles. The Morgan fingerprint density at radius 3 is 2.51 bits per heavy atom. The Morgan fingerprint density at radius 1 is 1.27 bits per heavy atom. The zero-order valence-electron chi connectivity index (χ0n) is 20.6. The van der Waals surface area contributed by atoms with E-state index in [2.05, 4.69) is 15.6 Å². The highest BCUT2D eigenvalue weighted by Crippen LogP contribution is 2.37. The molecule has 15 heteroatoms. The Bertz CT molecular complexity index is 1420. The summed E-state index contributed by atoms with van der Waals surface area (Å²) in [5.41, 5.74) is -2.06. The van der Waals surface area contributed by atoms with Crippen molar-refractivity contribution in [2.45, 2.75) is 31.6 Å². The summed E-state index contributed by atoms with van der Waals surface area (Å²) in [5, 5.41) is 11.9. The average molecular weight is 559 g/mol. The second-order valence-electron chi connectivity index (χ2n) is 8.54. The Balaban J connectivity index is 2.09. The first kappa shape index (κ1) is 28.4. The van der Waals surface area contributed by atoms with Crippen molar-refractivity contribution < 1.29 is 30.4 Å². The minimum absolute atomic E-state index is 0.0251. The van der Waals surface area contributed by atoms with Crippen molar-refractivity contribution in [3.05, 3.63) is 59.4 Å². The molecule has 0 aliphatic carbocycles. The molecule has 2 atom stereocenters. The number of anilines is 1. The summed E-state index contributed by atoms with van der Waals surface area (Å²) in [7, 11) is -7.00. The Hall–Kier alpha value is -3.17. The number of rotatable bonds is 8. The lowest BCUT2D eigenvalue weighted by molar-refractivity contribution is 0.102. The molecular weight excluding hydrogens is 530 g/mol. The molecule has 2 aromatic rings. The van der Waals surface area contributed by atoms with Crippen LogP contribution in [0.3, 0.4) is 0 Å². The number of nitrogens with zero attached hydrogens (tertiary/aromatic N) is 3. The topological polar surface area (TPSA) is 153 Å². The first-order chi connectivity index (χ1) is 17.2. The van der Waals surface area contributed by atoms with Crippen LogP contribution in [-0.4, -0.2) is 73.4 Å². The number of nitrogens with one attached hydrogen (secondary N) is 3. The van der Waals surface area contributed by atoms with Gasteiger partial charge in [0.05, 0.1) is 17.5 Å². The van der Waals surface area contributed by atoms with Crippen LogP contribution in [0.15, 0.2) is 36.5 Å². The molecule has 1 amide bonds. The van der Waals surface area contributed by atoms with Gasteiger partial charge in [-0.1, -0.05) is 6.92 Å². The molecule has 1 fully saturated rings. The molecule has 1 aliphatic heterocycles. The van der Waals surface area contributed by atoms with Crippen molar-refractivity contribution in [3.8, 4) is 0 Å². The quantitative estimate of drug-likeness (QED) is 0.446. The van der Waals surface area contributed by atoms with Gasteiger partial charge < -0.3 is 10.6 Å². The van der Waals surface area contributed by atoms with Crippen molar-refractivity contribution in [3.63, 3.8) is 0 Å². The van der Waals surface area contributed by atoms with E-state index in [4.69, 9.17) is 5.41 Å². The van der Waals surface area contributed by atoms with Gasteiger partial charge in [-0.15, -0.1) is 0 Å². The Labute approximate surface area is 214 Å². The molecule has 1 aromatic heterocycles. The van der Waals surface area contributed by atoms with Crippen molar-refractivity contribution in [1.29, 1.82) is 5.41 Å². The van der Waals surface area contributed by atoms with Gasteiger partial charge in [-0.2, -0.15) is 0 Å². The highest BCUT2D eigenvalue weighted by molar-refractivity contribution is 7.90. The minimum atomic E-state index is -4.34. The van der Waals surface area contributed by atoms with E-state index in [1.807, 2.05) is 0 Å². The van der Waals surface area contributed by atoms with Gasteiger partial charge in [0.2, 0.25) is 26.0 Å². The third-order valence-electron chi connectivity index (χ3n) is 6.30. The molecule has 202 valence electrons. The molecule has 3 N–H and O–H groups in total. The summed E-state index contributed by atoms with van der Waals surface area (Å²) in [6, 6.07) is 5.67. The molecule has 0 radical (unpaired) electrons. The summed E-state index contributed by atoms with van der Waals surface area (Å²) in [4.78, 5) is 16.2. The zero-order valence-corrected chi connectivity index (χ0v) is 22.3. The number of aromatic nitrogens is 1. The van der Waals surface area contributed by atoms with Crippen molar-refractivity contribution >= 4 is 37.6 Å².